The Labute approximate surface area is 177 Å². The Kier molecular flexibility index (Phi) is 6.08. The number of nitrogens with zero attached hydrogens (tertiary/aromatic N) is 4. The van der Waals surface area contributed by atoms with Gasteiger partial charge < -0.3 is 19.5 Å². The molecule has 0 radical (unpaired) electrons. The third-order valence-corrected chi connectivity index (χ3v) is 5.00. The summed E-state index contributed by atoms with van der Waals surface area (Å²) in [4.78, 5) is 20.5. The zero-order valence-corrected chi connectivity index (χ0v) is 16.8. The molecule has 1 aliphatic rings. The van der Waals surface area contributed by atoms with Crippen LogP contribution in [-0.2, 0) is 6.54 Å². The minimum atomic E-state index is -1.00. The standard InChI is InChI=1S/C21H21F2N5O3/c1-30-16-5-2-14(3-6-16)20-25-19(26-31-20)13-27-8-10-28(11-9-27)21(29)24-15-4-7-17(22)18(23)12-15/h2-7,12H,8-11,13H2,1H3,(H,24,29). The molecular formula is C21H21F2N5O3. The van der Waals surface area contributed by atoms with Gasteiger partial charge in [-0.25, -0.2) is 13.6 Å². The molecule has 2 heterocycles. The van der Waals surface area contributed by atoms with Gasteiger partial charge in [0.1, 0.15) is 5.75 Å². The minimum Gasteiger partial charge on any atom is -0.497 e. The molecule has 1 N–H and O–H groups in total. The Bertz CT molecular complexity index is 1050. The summed E-state index contributed by atoms with van der Waals surface area (Å²) in [6, 6.07) is 10.2. The number of amides is 2. The van der Waals surface area contributed by atoms with E-state index in [1.54, 1.807) is 12.0 Å². The van der Waals surface area contributed by atoms with E-state index in [9.17, 15) is 13.6 Å². The minimum absolute atomic E-state index is 0.212. The number of methoxy groups -OCH3 is 1. The molecule has 1 aromatic heterocycles. The number of carbonyl (C=O) groups excluding carboxylic acids is 1. The lowest BCUT2D eigenvalue weighted by molar-refractivity contribution is 0.140. The van der Waals surface area contributed by atoms with Crippen molar-refractivity contribution >= 4 is 11.7 Å². The molecule has 1 fully saturated rings. The Morgan fingerprint density at radius 1 is 1.10 bits per heavy atom. The fourth-order valence-corrected chi connectivity index (χ4v) is 3.25. The van der Waals surface area contributed by atoms with Gasteiger partial charge in [-0.2, -0.15) is 4.98 Å². The van der Waals surface area contributed by atoms with Crippen molar-refractivity contribution in [3.8, 4) is 17.2 Å². The zero-order valence-electron chi connectivity index (χ0n) is 16.8. The Morgan fingerprint density at radius 2 is 1.84 bits per heavy atom. The summed E-state index contributed by atoms with van der Waals surface area (Å²) in [5.74, 6) is -0.220. The molecule has 1 saturated heterocycles. The van der Waals surface area contributed by atoms with E-state index in [0.717, 1.165) is 23.4 Å². The number of anilines is 1. The maximum atomic E-state index is 13.3. The first-order chi connectivity index (χ1) is 15.0. The van der Waals surface area contributed by atoms with Crippen LogP contribution in [0, 0.1) is 11.6 Å². The Morgan fingerprint density at radius 3 is 2.52 bits per heavy atom. The van der Waals surface area contributed by atoms with E-state index >= 15 is 0 Å². The van der Waals surface area contributed by atoms with Gasteiger partial charge in [0, 0.05) is 43.5 Å². The van der Waals surface area contributed by atoms with Gasteiger partial charge in [-0.3, -0.25) is 4.90 Å². The molecular weight excluding hydrogens is 408 g/mol. The topological polar surface area (TPSA) is 83.7 Å². The number of nitrogens with one attached hydrogen (secondary N) is 1. The quantitative estimate of drug-likeness (QED) is 0.670. The second-order valence-electron chi connectivity index (χ2n) is 7.07. The predicted octanol–water partition coefficient (Wildman–Crippen LogP) is 3.37. The highest BCUT2D eigenvalue weighted by Crippen LogP contribution is 2.21. The van der Waals surface area contributed by atoms with Crippen molar-refractivity contribution in [2.24, 2.45) is 0 Å². The molecule has 0 aliphatic carbocycles. The third kappa shape index (κ3) is 4.97. The van der Waals surface area contributed by atoms with Crippen LogP contribution in [0.4, 0.5) is 19.3 Å². The summed E-state index contributed by atoms with van der Waals surface area (Å²) in [5, 5.41) is 6.62. The van der Waals surface area contributed by atoms with E-state index in [-0.39, 0.29) is 11.7 Å². The highest BCUT2D eigenvalue weighted by atomic mass is 19.2. The maximum absolute atomic E-state index is 13.3. The van der Waals surface area contributed by atoms with Crippen molar-refractivity contribution in [1.29, 1.82) is 0 Å². The Hall–Kier alpha value is -3.53. The van der Waals surface area contributed by atoms with Crippen molar-refractivity contribution < 1.29 is 22.8 Å². The summed E-state index contributed by atoms with van der Waals surface area (Å²) >= 11 is 0. The molecule has 1 aliphatic heterocycles. The first kappa shape index (κ1) is 20.7. The summed E-state index contributed by atoms with van der Waals surface area (Å²) in [7, 11) is 1.60. The van der Waals surface area contributed by atoms with Crippen LogP contribution in [0.5, 0.6) is 5.75 Å². The van der Waals surface area contributed by atoms with Crippen molar-refractivity contribution in [1.82, 2.24) is 19.9 Å². The number of hydrogen-bond acceptors (Lipinski definition) is 6. The van der Waals surface area contributed by atoms with Crippen molar-refractivity contribution in [3.63, 3.8) is 0 Å². The van der Waals surface area contributed by atoms with E-state index in [4.69, 9.17) is 9.26 Å². The molecule has 31 heavy (non-hydrogen) atoms. The van der Waals surface area contributed by atoms with E-state index in [2.05, 4.69) is 20.4 Å². The molecule has 2 aromatic carbocycles. The monoisotopic (exact) mass is 429 g/mol. The van der Waals surface area contributed by atoms with Crippen LogP contribution in [0.15, 0.2) is 47.0 Å². The van der Waals surface area contributed by atoms with Gasteiger partial charge in [0.05, 0.1) is 13.7 Å². The van der Waals surface area contributed by atoms with E-state index in [1.165, 1.54) is 6.07 Å². The lowest BCUT2D eigenvalue weighted by atomic mass is 10.2. The fourth-order valence-electron chi connectivity index (χ4n) is 3.25. The molecule has 0 atom stereocenters. The number of carbonyl (C=O) groups is 1. The largest absolute Gasteiger partial charge is 0.497 e. The molecule has 3 aromatic rings. The van der Waals surface area contributed by atoms with Crippen LogP contribution in [0.25, 0.3) is 11.5 Å². The van der Waals surface area contributed by atoms with Gasteiger partial charge in [-0.15, -0.1) is 0 Å². The van der Waals surface area contributed by atoms with Crippen LogP contribution in [0.1, 0.15) is 5.82 Å². The molecule has 0 bridgehead atoms. The zero-order chi connectivity index (χ0) is 21.8. The third-order valence-electron chi connectivity index (χ3n) is 5.00. The number of urea groups is 1. The average molecular weight is 429 g/mol. The number of piperazine rings is 1. The number of ether oxygens (including phenoxy) is 1. The molecule has 10 heteroatoms. The van der Waals surface area contributed by atoms with Gasteiger partial charge in [-0.05, 0) is 36.4 Å². The van der Waals surface area contributed by atoms with Crippen LogP contribution in [0.3, 0.4) is 0 Å². The molecule has 0 unspecified atom stereocenters. The van der Waals surface area contributed by atoms with Crippen molar-refractivity contribution in [2.75, 3.05) is 38.6 Å². The van der Waals surface area contributed by atoms with E-state index in [1.807, 2.05) is 24.3 Å². The van der Waals surface area contributed by atoms with Crippen molar-refractivity contribution in [3.05, 3.63) is 59.9 Å². The number of benzene rings is 2. The molecule has 0 spiro atoms. The molecule has 2 amide bonds. The van der Waals surface area contributed by atoms with Gasteiger partial charge in [-0.1, -0.05) is 5.16 Å². The normalized spacial score (nSPS) is 14.5. The first-order valence-electron chi connectivity index (χ1n) is 9.72. The van der Waals surface area contributed by atoms with Gasteiger partial charge >= 0.3 is 6.03 Å². The summed E-state index contributed by atoms with van der Waals surface area (Å²) in [6.07, 6.45) is 0. The summed E-state index contributed by atoms with van der Waals surface area (Å²) < 4.78 is 36.8. The van der Waals surface area contributed by atoms with Gasteiger partial charge in [0.2, 0.25) is 0 Å². The number of rotatable bonds is 5. The summed E-state index contributed by atoms with van der Waals surface area (Å²) in [6.45, 7) is 2.71. The second-order valence-corrected chi connectivity index (χ2v) is 7.07. The smallest absolute Gasteiger partial charge is 0.321 e. The van der Waals surface area contributed by atoms with Crippen LogP contribution < -0.4 is 10.1 Å². The predicted molar refractivity (Wildman–Crippen MR) is 109 cm³/mol. The van der Waals surface area contributed by atoms with Crippen LogP contribution >= 0.6 is 0 Å². The Balaban J connectivity index is 1.28. The van der Waals surface area contributed by atoms with Crippen molar-refractivity contribution in [2.45, 2.75) is 6.54 Å². The average Bonchev–Trinajstić information content (AvgIpc) is 3.25. The molecule has 162 valence electrons. The molecule has 0 saturated carbocycles. The lowest BCUT2D eigenvalue weighted by Crippen LogP contribution is -2.49. The first-order valence-corrected chi connectivity index (χ1v) is 9.72. The molecule has 8 nitrogen and oxygen atoms in total. The maximum Gasteiger partial charge on any atom is 0.321 e. The van der Waals surface area contributed by atoms with E-state index < -0.39 is 11.6 Å². The highest BCUT2D eigenvalue weighted by molar-refractivity contribution is 5.89. The van der Waals surface area contributed by atoms with Gasteiger partial charge in [0.25, 0.3) is 5.89 Å². The SMILES string of the molecule is COc1ccc(-c2nc(CN3CCN(C(=O)Nc4ccc(F)c(F)c4)CC3)no2)cc1. The van der Waals surface area contributed by atoms with Gasteiger partial charge in [0.15, 0.2) is 17.5 Å². The fraction of sp³-hybridized carbons (Fsp3) is 0.286. The van der Waals surface area contributed by atoms with Crippen LogP contribution in [0.2, 0.25) is 0 Å². The van der Waals surface area contributed by atoms with E-state index in [0.29, 0.717) is 44.4 Å². The number of halogens is 2. The number of hydrogen-bond donors (Lipinski definition) is 1. The summed E-state index contributed by atoms with van der Waals surface area (Å²) in [5.41, 5.74) is 1.02. The lowest BCUT2D eigenvalue weighted by Gasteiger charge is -2.34. The molecule has 4 rings (SSSR count). The van der Waals surface area contributed by atoms with Crippen LogP contribution in [-0.4, -0.2) is 59.3 Å². The second kappa shape index (κ2) is 9.09. The highest BCUT2D eigenvalue weighted by Gasteiger charge is 2.23. The number of aromatic nitrogens is 2.